The summed E-state index contributed by atoms with van der Waals surface area (Å²) in [6.07, 6.45) is 6.36. The summed E-state index contributed by atoms with van der Waals surface area (Å²) in [5.74, 6) is 1.22. The maximum atomic E-state index is 9.09. The van der Waals surface area contributed by atoms with E-state index in [-0.39, 0.29) is 0 Å². The molecule has 1 aliphatic carbocycles. The molecular formula is C12H24N2O. The highest BCUT2D eigenvalue weighted by Crippen LogP contribution is 2.26. The van der Waals surface area contributed by atoms with Crippen LogP contribution in [0, 0.1) is 11.8 Å². The summed E-state index contributed by atoms with van der Waals surface area (Å²) in [6, 6.07) is 0.423. The lowest BCUT2D eigenvalue weighted by Gasteiger charge is -2.32. The molecule has 1 aliphatic heterocycles. The molecule has 2 rings (SSSR count). The Labute approximate surface area is 92.6 Å². The number of nitrogens with zero attached hydrogens (tertiary/aromatic N) is 1. The third-order valence-corrected chi connectivity index (χ3v) is 4.09. The van der Waals surface area contributed by atoms with E-state index in [9.17, 15) is 0 Å². The van der Waals surface area contributed by atoms with Gasteiger partial charge < -0.3 is 15.7 Å². The minimum atomic E-state index is 0.354. The smallest absolute Gasteiger partial charge is 0.0471 e. The van der Waals surface area contributed by atoms with E-state index in [0.29, 0.717) is 24.5 Å². The van der Waals surface area contributed by atoms with Gasteiger partial charge in [0.25, 0.3) is 0 Å². The van der Waals surface area contributed by atoms with E-state index in [0.717, 1.165) is 19.6 Å². The Balaban J connectivity index is 1.76. The van der Waals surface area contributed by atoms with Gasteiger partial charge in [0.05, 0.1) is 0 Å². The van der Waals surface area contributed by atoms with Crippen molar-refractivity contribution in [3.8, 4) is 0 Å². The van der Waals surface area contributed by atoms with Crippen molar-refractivity contribution in [1.82, 2.24) is 4.90 Å². The van der Waals surface area contributed by atoms with Crippen LogP contribution in [0.25, 0.3) is 0 Å². The summed E-state index contributed by atoms with van der Waals surface area (Å²) in [7, 11) is 0. The third kappa shape index (κ3) is 2.92. The molecule has 15 heavy (non-hydrogen) atoms. The first kappa shape index (κ1) is 11.4. The van der Waals surface area contributed by atoms with Gasteiger partial charge >= 0.3 is 0 Å². The highest BCUT2D eigenvalue weighted by molar-refractivity contribution is 4.83. The Morgan fingerprint density at radius 2 is 2.00 bits per heavy atom. The van der Waals surface area contributed by atoms with Gasteiger partial charge in [-0.1, -0.05) is 12.8 Å². The maximum absolute atomic E-state index is 9.09. The Kier molecular flexibility index (Phi) is 4.00. The molecule has 2 fully saturated rings. The average molecular weight is 212 g/mol. The summed E-state index contributed by atoms with van der Waals surface area (Å²) in [5.41, 5.74) is 6.15. The van der Waals surface area contributed by atoms with Gasteiger partial charge in [-0.15, -0.1) is 0 Å². The van der Waals surface area contributed by atoms with Crippen LogP contribution in [-0.2, 0) is 0 Å². The molecule has 2 aliphatic rings. The van der Waals surface area contributed by atoms with Crippen molar-refractivity contribution < 1.29 is 5.11 Å². The van der Waals surface area contributed by atoms with E-state index in [1.807, 2.05) is 0 Å². The Morgan fingerprint density at radius 3 is 2.67 bits per heavy atom. The molecule has 1 heterocycles. The van der Waals surface area contributed by atoms with Crippen LogP contribution in [0.15, 0.2) is 0 Å². The van der Waals surface area contributed by atoms with Gasteiger partial charge in [-0.05, 0) is 37.6 Å². The largest absolute Gasteiger partial charge is 0.396 e. The van der Waals surface area contributed by atoms with Gasteiger partial charge in [0.15, 0.2) is 0 Å². The van der Waals surface area contributed by atoms with Crippen LogP contribution in [0.5, 0.6) is 0 Å². The number of aliphatic hydroxyl groups is 1. The van der Waals surface area contributed by atoms with Crippen LogP contribution in [0.1, 0.15) is 32.1 Å². The standard InChI is InChI=1S/C12H24N2O/c13-12-4-2-1-3-11(12)8-14-6-5-10(7-14)9-15/h10-12,15H,1-9,13H2. The zero-order valence-corrected chi connectivity index (χ0v) is 9.57. The van der Waals surface area contributed by atoms with Gasteiger partial charge in [-0.25, -0.2) is 0 Å². The van der Waals surface area contributed by atoms with E-state index >= 15 is 0 Å². The molecule has 88 valence electrons. The lowest BCUT2D eigenvalue weighted by molar-refractivity contribution is 0.189. The number of rotatable bonds is 3. The number of nitrogens with two attached hydrogens (primary N) is 1. The first-order chi connectivity index (χ1) is 7.29. The molecule has 0 aromatic carbocycles. The zero-order valence-electron chi connectivity index (χ0n) is 9.57. The number of hydrogen-bond acceptors (Lipinski definition) is 3. The fraction of sp³-hybridized carbons (Fsp3) is 1.00. The predicted octanol–water partition coefficient (Wildman–Crippen LogP) is 0.818. The third-order valence-electron chi connectivity index (χ3n) is 4.09. The lowest BCUT2D eigenvalue weighted by atomic mass is 9.85. The van der Waals surface area contributed by atoms with Crippen molar-refractivity contribution in [2.24, 2.45) is 17.6 Å². The van der Waals surface area contributed by atoms with Crippen LogP contribution in [0.3, 0.4) is 0 Å². The molecule has 0 spiro atoms. The van der Waals surface area contributed by atoms with Crippen molar-refractivity contribution in [2.75, 3.05) is 26.2 Å². The zero-order chi connectivity index (χ0) is 10.7. The first-order valence-corrected chi connectivity index (χ1v) is 6.38. The normalized spacial score (nSPS) is 38.4. The lowest BCUT2D eigenvalue weighted by Crippen LogP contribution is -2.40. The molecule has 0 radical (unpaired) electrons. The van der Waals surface area contributed by atoms with Crippen molar-refractivity contribution >= 4 is 0 Å². The van der Waals surface area contributed by atoms with Crippen molar-refractivity contribution in [2.45, 2.75) is 38.1 Å². The molecule has 0 aromatic rings. The van der Waals surface area contributed by atoms with Crippen molar-refractivity contribution in [1.29, 1.82) is 0 Å². The monoisotopic (exact) mass is 212 g/mol. The fourth-order valence-corrected chi connectivity index (χ4v) is 3.02. The number of aliphatic hydroxyl groups excluding tert-OH is 1. The first-order valence-electron chi connectivity index (χ1n) is 6.38. The van der Waals surface area contributed by atoms with Gasteiger partial charge in [-0.2, -0.15) is 0 Å². The van der Waals surface area contributed by atoms with E-state index in [1.165, 1.54) is 32.1 Å². The van der Waals surface area contributed by atoms with E-state index in [2.05, 4.69) is 4.90 Å². The van der Waals surface area contributed by atoms with Gasteiger partial charge in [0.1, 0.15) is 0 Å². The SMILES string of the molecule is NC1CCCCC1CN1CCC(CO)C1. The highest BCUT2D eigenvalue weighted by atomic mass is 16.3. The van der Waals surface area contributed by atoms with Crippen LogP contribution in [0.4, 0.5) is 0 Å². The quantitative estimate of drug-likeness (QED) is 0.728. The molecule has 0 bridgehead atoms. The summed E-state index contributed by atoms with van der Waals surface area (Å²) in [4.78, 5) is 2.50. The van der Waals surface area contributed by atoms with E-state index < -0.39 is 0 Å². The minimum absolute atomic E-state index is 0.354. The highest BCUT2D eigenvalue weighted by Gasteiger charge is 2.27. The van der Waals surface area contributed by atoms with Crippen LogP contribution in [0.2, 0.25) is 0 Å². The molecule has 3 N–H and O–H groups in total. The molecular weight excluding hydrogens is 188 g/mol. The van der Waals surface area contributed by atoms with E-state index in [4.69, 9.17) is 10.8 Å². The fourth-order valence-electron chi connectivity index (χ4n) is 3.02. The average Bonchev–Trinajstić information content (AvgIpc) is 2.69. The number of hydrogen-bond donors (Lipinski definition) is 2. The Bertz CT molecular complexity index is 198. The van der Waals surface area contributed by atoms with Crippen molar-refractivity contribution in [3.05, 3.63) is 0 Å². The Hall–Kier alpha value is -0.120. The van der Waals surface area contributed by atoms with Gasteiger partial charge in [0.2, 0.25) is 0 Å². The predicted molar refractivity (Wildman–Crippen MR) is 61.6 cm³/mol. The molecule has 0 aromatic heterocycles. The second-order valence-corrected chi connectivity index (χ2v) is 5.31. The summed E-state index contributed by atoms with van der Waals surface area (Å²) in [5, 5.41) is 9.09. The van der Waals surface area contributed by atoms with Gasteiger partial charge in [-0.3, -0.25) is 0 Å². The second-order valence-electron chi connectivity index (χ2n) is 5.31. The molecule has 1 saturated carbocycles. The molecule has 0 amide bonds. The minimum Gasteiger partial charge on any atom is -0.396 e. The van der Waals surface area contributed by atoms with Crippen LogP contribution in [-0.4, -0.2) is 42.3 Å². The van der Waals surface area contributed by atoms with Gasteiger partial charge in [0, 0.05) is 25.7 Å². The Morgan fingerprint density at radius 1 is 1.20 bits per heavy atom. The maximum Gasteiger partial charge on any atom is 0.0471 e. The topological polar surface area (TPSA) is 49.5 Å². The molecule has 3 atom stereocenters. The molecule has 3 unspecified atom stereocenters. The summed E-state index contributed by atoms with van der Waals surface area (Å²) in [6.45, 7) is 3.76. The molecule has 3 nitrogen and oxygen atoms in total. The number of likely N-dealkylation sites (tertiary alicyclic amines) is 1. The summed E-state index contributed by atoms with van der Waals surface area (Å²) < 4.78 is 0. The van der Waals surface area contributed by atoms with Crippen LogP contribution >= 0.6 is 0 Å². The molecule has 3 heteroatoms. The van der Waals surface area contributed by atoms with Crippen LogP contribution < -0.4 is 5.73 Å². The van der Waals surface area contributed by atoms with E-state index in [1.54, 1.807) is 0 Å². The summed E-state index contributed by atoms with van der Waals surface area (Å²) >= 11 is 0. The molecule has 1 saturated heterocycles. The second kappa shape index (κ2) is 5.28. The van der Waals surface area contributed by atoms with Crippen molar-refractivity contribution in [3.63, 3.8) is 0 Å².